The van der Waals surface area contributed by atoms with Crippen LogP contribution in [0.4, 0.5) is 0 Å². The number of thiophene rings is 1. The number of methoxy groups -OCH3 is 1. The van der Waals surface area contributed by atoms with Gasteiger partial charge in [0.1, 0.15) is 16.4 Å². The summed E-state index contributed by atoms with van der Waals surface area (Å²) in [7, 11) is 3.32. The van der Waals surface area contributed by atoms with Gasteiger partial charge in [0, 0.05) is 7.05 Å². The van der Waals surface area contributed by atoms with Gasteiger partial charge < -0.3 is 14.7 Å². The highest BCUT2D eigenvalue weighted by Gasteiger charge is 2.22. The first-order chi connectivity index (χ1) is 9.54. The average molecular weight is 291 g/mol. The minimum absolute atomic E-state index is 0.0718. The van der Waals surface area contributed by atoms with E-state index in [0.717, 1.165) is 5.56 Å². The summed E-state index contributed by atoms with van der Waals surface area (Å²) in [5.41, 5.74) is 0.967. The van der Waals surface area contributed by atoms with Crippen LogP contribution in [-0.4, -0.2) is 30.1 Å². The zero-order valence-electron chi connectivity index (χ0n) is 11.7. The molecule has 1 aromatic carbocycles. The maximum Gasteiger partial charge on any atom is 0.267 e. The molecule has 0 saturated heterocycles. The number of amides is 1. The molecule has 4 nitrogen and oxygen atoms in total. The van der Waals surface area contributed by atoms with Crippen molar-refractivity contribution in [2.45, 2.75) is 13.0 Å². The lowest BCUT2D eigenvalue weighted by atomic mass is 10.1. The molecule has 1 N–H and O–H groups in total. The van der Waals surface area contributed by atoms with E-state index in [-0.39, 0.29) is 17.7 Å². The Labute approximate surface area is 122 Å². The molecule has 1 aromatic heterocycles. The SMILES string of the molecule is COc1ccsc1C(=O)N(C)C(C)c1ccc(O)cc1. The lowest BCUT2D eigenvalue weighted by molar-refractivity contribution is 0.0744. The fourth-order valence-corrected chi connectivity index (χ4v) is 2.77. The van der Waals surface area contributed by atoms with E-state index in [2.05, 4.69) is 0 Å². The number of phenolic OH excluding ortho intramolecular Hbond substituents is 1. The van der Waals surface area contributed by atoms with Crippen molar-refractivity contribution in [3.05, 3.63) is 46.2 Å². The summed E-state index contributed by atoms with van der Waals surface area (Å²) >= 11 is 1.37. The highest BCUT2D eigenvalue weighted by atomic mass is 32.1. The number of hydrogen-bond donors (Lipinski definition) is 1. The Bertz CT molecular complexity index is 591. The highest BCUT2D eigenvalue weighted by Crippen LogP contribution is 2.29. The minimum atomic E-state index is -0.0880. The third-order valence-corrected chi connectivity index (χ3v) is 4.20. The molecule has 5 heteroatoms. The maximum atomic E-state index is 12.5. The number of ether oxygens (including phenoxy) is 1. The van der Waals surface area contributed by atoms with Crippen molar-refractivity contribution in [2.75, 3.05) is 14.2 Å². The van der Waals surface area contributed by atoms with E-state index in [4.69, 9.17) is 4.74 Å². The number of carbonyl (C=O) groups is 1. The molecule has 0 aliphatic rings. The molecule has 0 spiro atoms. The third-order valence-electron chi connectivity index (χ3n) is 3.32. The van der Waals surface area contributed by atoms with Crippen LogP contribution in [-0.2, 0) is 0 Å². The largest absolute Gasteiger partial charge is 0.508 e. The van der Waals surface area contributed by atoms with Gasteiger partial charge in [0.2, 0.25) is 0 Å². The number of hydrogen-bond acceptors (Lipinski definition) is 4. The Kier molecular flexibility index (Phi) is 4.29. The predicted octanol–water partition coefficient (Wildman–Crippen LogP) is 3.30. The van der Waals surface area contributed by atoms with Gasteiger partial charge in [-0.2, -0.15) is 0 Å². The van der Waals surface area contributed by atoms with Gasteiger partial charge in [0.05, 0.1) is 13.2 Å². The molecule has 106 valence electrons. The van der Waals surface area contributed by atoms with E-state index < -0.39 is 0 Å². The molecule has 0 radical (unpaired) electrons. The molecule has 0 fully saturated rings. The molecular formula is C15H17NO3S. The summed E-state index contributed by atoms with van der Waals surface area (Å²) < 4.78 is 5.19. The zero-order valence-corrected chi connectivity index (χ0v) is 12.5. The van der Waals surface area contributed by atoms with E-state index in [1.165, 1.54) is 11.3 Å². The number of carbonyl (C=O) groups excluding carboxylic acids is 1. The van der Waals surface area contributed by atoms with E-state index in [0.29, 0.717) is 10.6 Å². The lowest BCUT2D eigenvalue weighted by Gasteiger charge is -2.25. The molecule has 20 heavy (non-hydrogen) atoms. The second-order valence-corrected chi connectivity index (χ2v) is 5.42. The van der Waals surface area contributed by atoms with Crippen LogP contribution in [0.1, 0.15) is 28.2 Å². The van der Waals surface area contributed by atoms with Crippen LogP contribution in [0.25, 0.3) is 0 Å². The van der Waals surface area contributed by atoms with Crippen molar-refractivity contribution in [1.29, 1.82) is 0 Å². The quantitative estimate of drug-likeness (QED) is 0.940. The van der Waals surface area contributed by atoms with Gasteiger partial charge in [0.25, 0.3) is 5.91 Å². The van der Waals surface area contributed by atoms with Crippen LogP contribution in [0.3, 0.4) is 0 Å². The Balaban J connectivity index is 2.20. The van der Waals surface area contributed by atoms with Crippen LogP contribution in [0, 0.1) is 0 Å². The van der Waals surface area contributed by atoms with Gasteiger partial charge in [0.15, 0.2) is 0 Å². The van der Waals surface area contributed by atoms with Crippen molar-refractivity contribution >= 4 is 17.2 Å². The molecule has 2 rings (SSSR count). The number of aromatic hydroxyl groups is 1. The smallest absolute Gasteiger partial charge is 0.267 e. The summed E-state index contributed by atoms with van der Waals surface area (Å²) in [6, 6.07) is 8.57. The second kappa shape index (κ2) is 5.96. The van der Waals surface area contributed by atoms with E-state index in [1.54, 1.807) is 37.3 Å². The molecule has 1 amide bonds. The Morgan fingerprint density at radius 2 is 1.95 bits per heavy atom. The summed E-state index contributed by atoms with van der Waals surface area (Å²) in [5, 5.41) is 11.1. The van der Waals surface area contributed by atoms with Crippen molar-refractivity contribution in [1.82, 2.24) is 4.90 Å². The summed E-state index contributed by atoms with van der Waals surface area (Å²) in [6.45, 7) is 1.95. The van der Waals surface area contributed by atoms with Gasteiger partial charge in [-0.05, 0) is 36.1 Å². The topological polar surface area (TPSA) is 49.8 Å². The van der Waals surface area contributed by atoms with Crippen LogP contribution < -0.4 is 4.74 Å². The number of benzene rings is 1. The van der Waals surface area contributed by atoms with Crippen LogP contribution in [0.2, 0.25) is 0 Å². The van der Waals surface area contributed by atoms with E-state index in [1.807, 2.05) is 24.4 Å². The molecular weight excluding hydrogens is 274 g/mol. The van der Waals surface area contributed by atoms with Crippen molar-refractivity contribution < 1.29 is 14.6 Å². The molecule has 0 aliphatic carbocycles. The standard InChI is InChI=1S/C15H17NO3S/c1-10(11-4-6-12(17)7-5-11)16(2)15(18)14-13(19-3)8-9-20-14/h4-10,17H,1-3H3. The average Bonchev–Trinajstić information content (AvgIpc) is 2.94. The van der Waals surface area contributed by atoms with Gasteiger partial charge in [-0.3, -0.25) is 4.79 Å². The fourth-order valence-electron chi connectivity index (χ4n) is 1.93. The predicted molar refractivity (Wildman–Crippen MR) is 79.5 cm³/mol. The fraction of sp³-hybridized carbons (Fsp3) is 0.267. The lowest BCUT2D eigenvalue weighted by Crippen LogP contribution is -2.29. The van der Waals surface area contributed by atoms with Crippen LogP contribution in [0.15, 0.2) is 35.7 Å². The molecule has 2 aromatic rings. The Morgan fingerprint density at radius 1 is 1.30 bits per heavy atom. The molecule has 0 aliphatic heterocycles. The molecule has 1 heterocycles. The normalized spacial score (nSPS) is 11.9. The van der Waals surface area contributed by atoms with Crippen LogP contribution >= 0.6 is 11.3 Å². The first kappa shape index (κ1) is 14.4. The monoisotopic (exact) mass is 291 g/mol. The molecule has 0 bridgehead atoms. The van der Waals surface area contributed by atoms with Crippen molar-refractivity contribution in [2.24, 2.45) is 0 Å². The van der Waals surface area contributed by atoms with Crippen molar-refractivity contribution in [3.8, 4) is 11.5 Å². The number of nitrogens with zero attached hydrogens (tertiary/aromatic N) is 1. The summed E-state index contributed by atoms with van der Waals surface area (Å²) in [5.74, 6) is 0.747. The summed E-state index contributed by atoms with van der Waals surface area (Å²) in [6.07, 6.45) is 0. The number of rotatable bonds is 4. The molecule has 0 saturated carbocycles. The maximum absolute atomic E-state index is 12.5. The van der Waals surface area contributed by atoms with Crippen molar-refractivity contribution in [3.63, 3.8) is 0 Å². The Morgan fingerprint density at radius 3 is 2.55 bits per heavy atom. The van der Waals surface area contributed by atoms with Gasteiger partial charge in [-0.1, -0.05) is 12.1 Å². The third kappa shape index (κ3) is 2.77. The molecule has 1 unspecified atom stereocenters. The first-order valence-electron chi connectivity index (χ1n) is 6.22. The van der Waals surface area contributed by atoms with Gasteiger partial charge in [-0.15, -0.1) is 11.3 Å². The second-order valence-electron chi connectivity index (χ2n) is 4.50. The summed E-state index contributed by atoms with van der Waals surface area (Å²) in [4.78, 5) is 14.7. The Hall–Kier alpha value is -2.01. The van der Waals surface area contributed by atoms with E-state index >= 15 is 0 Å². The van der Waals surface area contributed by atoms with Gasteiger partial charge >= 0.3 is 0 Å². The zero-order chi connectivity index (χ0) is 14.7. The highest BCUT2D eigenvalue weighted by molar-refractivity contribution is 7.12. The van der Waals surface area contributed by atoms with Crippen LogP contribution in [0.5, 0.6) is 11.5 Å². The van der Waals surface area contributed by atoms with Gasteiger partial charge in [-0.25, -0.2) is 0 Å². The molecule has 1 atom stereocenters. The number of phenols is 1. The first-order valence-corrected chi connectivity index (χ1v) is 7.10. The van der Waals surface area contributed by atoms with E-state index in [9.17, 15) is 9.90 Å². The minimum Gasteiger partial charge on any atom is -0.508 e.